The van der Waals surface area contributed by atoms with Crippen LogP contribution in [0, 0.1) is 6.92 Å². The molecule has 5 nitrogen and oxygen atoms in total. The standard InChI is InChI=1S/C11H10N4O/c1-6-14-5-10(16-6)9-4-7-8(12)2-3-13-11(7)15-9/h2-5H,1H3,(H3,12,13,15). The number of anilines is 1. The molecule has 0 aliphatic carbocycles. The lowest BCUT2D eigenvalue weighted by Gasteiger charge is -1.91. The van der Waals surface area contributed by atoms with Crippen LogP contribution in [0.1, 0.15) is 5.89 Å². The third-order valence-corrected chi connectivity index (χ3v) is 2.45. The summed E-state index contributed by atoms with van der Waals surface area (Å²) in [6.07, 6.45) is 3.35. The van der Waals surface area contributed by atoms with Gasteiger partial charge in [0, 0.05) is 24.2 Å². The molecule has 0 saturated heterocycles. The molecule has 0 aliphatic rings. The van der Waals surface area contributed by atoms with E-state index in [0.29, 0.717) is 17.3 Å². The third-order valence-electron chi connectivity index (χ3n) is 2.45. The first-order valence-electron chi connectivity index (χ1n) is 4.90. The van der Waals surface area contributed by atoms with Crippen molar-refractivity contribution in [1.82, 2.24) is 15.0 Å². The van der Waals surface area contributed by atoms with E-state index in [1.807, 2.05) is 6.07 Å². The number of nitrogens with zero attached hydrogens (tertiary/aromatic N) is 2. The van der Waals surface area contributed by atoms with Crippen LogP contribution < -0.4 is 5.73 Å². The topological polar surface area (TPSA) is 80.7 Å². The first kappa shape index (κ1) is 8.96. The van der Waals surface area contributed by atoms with Crippen LogP contribution >= 0.6 is 0 Å². The van der Waals surface area contributed by atoms with Crippen LogP contribution in [0.15, 0.2) is 28.9 Å². The smallest absolute Gasteiger partial charge is 0.191 e. The Morgan fingerprint density at radius 1 is 1.38 bits per heavy atom. The Labute approximate surface area is 91.3 Å². The molecule has 0 aromatic carbocycles. The number of pyridine rings is 1. The molecule has 0 bridgehead atoms. The van der Waals surface area contributed by atoms with Crippen LogP contribution in [0.4, 0.5) is 5.69 Å². The van der Waals surface area contributed by atoms with Crippen molar-refractivity contribution in [2.45, 2.75) is 6.92 Å². The van der Waals surface area contributed by atoms with Crippen molar-refractivity contribution >= 4 is 16.7 Å². The second kappa shape index (κ2) is 3.10. The molecule has 16 heavy (non-hydrogen) atoms. The first-order valence-corrected chi connectivity index (χ1v) is 4.90. The highest BCUT2D eigenvalue weighted by Gasteiger charge is 2.09. The van der Waals surface area contributed by atoms with E-state index in [2.05, 4.69) is 15.0 Å². The maximum atomic E-state index is 5.85. The van der Waals surface area contributed by atoms with Gasteiger partial charge in [-0.25, -0.2) is 9.97 Å². The lowest BCUT2D eigenvalue weighted by molar-refractivity contribution is 0.533. The van der Waals surface area contributed by atoms with Crippen LogP contribution in [-0.4, -0.2) is 15.0 Å². The zero-order chi connectivity index (χ0) is 11.1. The largest absolute Gasteiger partial charge is 0.439 e. The predicted octanol–water partition coefficient (Wildman–Crippen LogP) is 2.11. The number of hydrogen-bond donors (Lipinski definition) is 2. The summed E-state index contributed by atoms with van der Waals surface area (Å²) < 4.78 is 5.43. The van der Waals surface area contributed by atoms with E-state index in [0.717, 1.165) is 16.7 Å². The number of aryl methyl sites for hydroxylation is 1. The third kappa shape index (κ3) is 1.25. The molecule has 3 N–H and O–H groups in total. The fraction of sp³-hybridized carbons (Fsp3) is 0.0909. The molecule has 0 aliphatic heterocycles. The number of rotatable bonds is 1. The Kier molecular flexibility index (Phi) is 1.73. The van der Waals surface area contributed by atoms with Gasteiger partial charge < -0.3 is 15.1 Å². The second-order valence-corrected chi connectivity index (χ2v) is 3.59. The van der Waals surface area contributed by atoms with Gasteiger partial charge in [-0.1, -0.05) is 0 Å². The molecular formula is C11H10N4O. The number of aromatic amines is 1. The van der Waals surface area contributed by atoms with Crippen molar-refractivity contribution in [1.29, 1.82) is 0 Å². The van der Waals surface area contributed by atoms with E-state index >= 15 is 0 Å². The minimum atomic E-state index is 0.634. The van der Waals surface area contributed by atoms with Crippen molar-refractivity contribution in [3.05, 3.63) is 30.4 Å². The average Bonchev–Trinajstić information content (AvgIpc) is 2.84. The molecule has 5 heteroatoms. The highest BCUT2D eigenvalue weighted by atomic mass is 16.4. The summed E-state index contributed by atoms with van der Waals surface area (Å²) in [5.41, 5.74) is 8.13. The molecule has 0 unspecified atom stereocenters. The van der Waals surface area contributed by atoms with Crippen molar-refractivity contribution in [3.8, 4) is 11.5 Å². The SMILES string of the molecule is Cc1ncc(-c2cc3c(N)ccnc3[nH]2)o1. The van der Waals surface area contributed by atoms with Crippen LogP contribution in [0.2, 0.25) is 0 Å². The van der Waals surface area contributed by atoms with Gasteiger partial charge in [0.1, 0.15) is 5.65 Å². The lowest BCUT2D eigenvalue weighted by atomic mass is 10.2. The Balaban J connectivity index is 2.22. The number of nitrogens with two attached hydrogens (primary N) is 1. The van der Waals surface area contributed by atoms with Gasteiger partial charge in [0.15, 0.2) is 11.7 Å². The van der Waals surface area contributed by atoms with Crippen LogP contribution in [0.25, 0.3) is 22.5 Å². The summed E-state index contributed by atoms with van der Waals surface area (Å²) in [4.78, 5) is 11.4. The zero-order valence-electron chi connectivity index (χ0n) is 8.69. The van der Waals surface area contributed by atoms with E-state index in [4.69, 9.17) is 10.2 Å². The Morgan fingerprint density at radius 2 is 2.25 bits per heavy atom. The van der Waals surface area contributed by atoms with Crippen molar-refractivity contribution in [2.75, 3.05) is 5.73 Å². The van der Waals surface area contributed by atoms with Gasteiger partial charge in [-0.05, 0) is 12.1 Å². The highest BCUT2D eigenvalue weighted by Crippen LogP contribution is 2.26. The van der Waals surface area contributed by atoms with E-state index in [1.165, 1.54) is 0 Å². The number of nitrogen functional groups attached to an aromatic ring is 1. The number of H-pyrrole nitrogens is 1. The van der Waals surface area contributed by atoms with Gasteiger partial charge in [-0.3, -0.25) is 0 Å². The monoisotopic (exact) mass is 214 g/mol. The number of oxazole rings is 1. The fourth-order valence-corrected chi connectivity index (χ4v) is 1.67. The van der Waals surface area contributed by atoms with Crippen LogP contribution in [0.5, 0.6) is 0 Å². The average molecular weight is 214 g/mol. The van der Waals surface area contributed by atoms with Gasteiger partial charge in [0.2, 0.25) is 0 Å². The van der Waals surface area contributed by atoms with Crippen molar-refractivity contribution in [2.24, 2.45) is 0 Å². The van der Waals surface area contributed by atoms with E-state index in [1.54, 1.807) is 25.4 Å². The summed E-state index contributed by atoms with van der Waals surface area (Å²) in [6, 6.07) is 3.68. The van der Waals surface area contributed by atoms with Crippen molar-refractivity contribution in [3.63, 3.8) is 0 Å². The van der Waals surface area contributed by atoms with Gasteiger partial charge in [-0.2, -0.15) is 0 Å². The number of hydrogen-bond acceptors (Lipinski definition) is 4. The Bertz CT molecular complexity index is 653. The summed E-state index contributed by atoms with van der Waals surface area (Å²) in [6.45, 7) is 1.80. The molecule has 3 aromatic rings. The number of nitrogens with one attached hydrogen (secondary N) is 1. The quantitative estimate of drug-likeness (QED) is 0.650. The number of aromatic nitrogens is 3. The van der Waals surface area contributed by atoms with Gasteiger partial charge in [-0.15, -0.1) is 0 Å². The fourth-order valence-electron chi connectivity index (χ4n) is 1.67. The van der Waals surface area contributed by atoms with Gasteiger partial charge in [0.05, 0.1) is 11.9 Å². The minimum absolute atomic E-state index is 0.634. The lowest BCUT2D eigenvalue weighted by Crippen LogP contribution is -1.85. The molecule has 3 heterocycles. The summed E-state index contributed by atoms with van der Waals surface area (Å²) in [5.74, 6) is 1.32. The molecule has 0 radical (unpaired) electrons. The first-order chi connectivity index (χ1) is 7.74. The molecular weight excluding hydrogens is 204 g/mol. The molecule has 0 amide bonds. The normalized spacial score (nSPS) is 11.1. The number of fused-ring (bicyclic) bond motifs is 1. The minimum Gasteiger partial charge on any atom is -0.439 e. The molecule has 0 spiro atoms. The summed E-state index contributed by atoms with van der Waals surface area (Å²) in [7, 11) is 0. The molecule has 3 aromatic heterocycles. The predicted molar refractivity (Wildman–Crippen MR) is 60.7 cm³/mol. The Hall–Kier alpha value is -2.30. The maximum absolute atomic E-state index is 5.85. The highest BCUT2D eigenvalue weighted by molar-refractivity contribution is 5.91. The Morgan fingerprint density at radius 3 is 2.94 bits per heavy atom. The molecule has 0 saturated carbocycles. The van der Waals surface area contributed by atoms with Gasteiger partial charge in [0.25, 0.3) is 0 Å². The molecule has 80 valence electrons. The second-order valence-electron chi connectivity index (χ2n) is 3.59. The maximum Gasteiger partial charge on any atom is 0.191 e. The molecule has 3 rings (SSSR count). The zero-order valence-corrected chi connectivity index (χ0v) is 8.69. The van der Waals surface area contributed by atoms with Crippen molar-refractivity contribution < 1.29 is 4.42 Å². The van der Waals surface area contributed by atoms with E-state index in [-0.39, 0.29) is 0 Å². The summed E-state index contributed by atoms with van der Waals surface area (Å²) in [5, 5.41) is 0.895. The van der Waals surface area contributed by atoms with Crippen LogP contribution in [0.3, 0.4) is 0 Å². The molecule has 0 atom stereocenters. The van der Waals surface area contributed by atoms with E-state index in [9.17, 15) is 0 Å². The van der Waals surface area contributed by atoms with E-state index < -0.39 is 0 Å². The van der Waals surface area contributed by atoms with Gasteiger partial charge >= 0.3 is 0 Å². The molecule has 0 fully saturated rings. The van der Waals surface area contributed by atoms with Crippen LogP contribution in [-0.2, 0) is 0 Å². The summed E-state index contributed by atoms with van der Waals surface area (Å²) >= 11 is 0.